The summed E-state index contributed by atoms with van der Waals surface area (Å²) in [7, 11) is 0. The van der Waals surface area contributed by atoms with Crippen molar-refractivity contribution in [3.8, 4) is 0 Å². The van der Waals surface area contributed by atoms with Crippen LogP contribution in [0, 0.1) is 11.8 Å². The van der Waals surface area contributed by atoms with E-state index in [0.717, 1.165) is 38.0 Å². The molecule has 0 radical (unpaired) electrons. The maximum atomic E-state index is 11.5. The Morgan fingerprint density at radius 3 is 2.32 bits per heavy atom. The minimum Gasteiger partial charge on any atom is -0.340 e. The van der Waals surface area contributed by atoms with Gasteiger partial charge in [-0.25, -0.2) is 0 Å². The summed E-state index contributed by atoms with van der Waals surface area (Å²) in [6.07, 6.45) is 7.25. The van der Waals surface area contributed by atoms with Gasteiger partial charge in [0.1, 0.15) is 0 Å². The van der Waals surface area contributed by atoms with Crippen LogP contribution in [0.3, 0.4) is 0 Å². The van der Waals surface area contributed by atoms with Gasteiger partial charge in [0, 0.05) is 58.8 Å². The maximum Gasteiger partial charge on any atom is 0.219 e. The first-order chi connectivity index (χ1) is 10.6. The number of nitrogens with zero attached hydrogens (tertiary/aromatic N) is 3. The van der Waals surface area contributed by atoms with E-state index in [4.69, 9.17) is 0 Å². The first kappa shape index (κ1) is 16.3. The van der Waals surface area contributed by atoms with Gasteiger partial charge >= 0.3 is 0 Å². The Labute approximate surface area is 135 Å². The molecule has 3 aliphatic rings. The Kier molecular flexibility index (Phi) is 5.40. The van der Waals surface area contributed by atoms with Crippen LogP contribution in [0.15, 0.2) is 0 Å². The fourth-order valence-corrected chi connectivity index (χ4v) is 4.78. The van der Waals surface area contributed by atoms with Crippen LogP contribution in [-0.2, 0) is 4.79 Å². The predicted octanol–water partition coefficient (Wildman–Crippen LogP) is 2.05. The molecule has 2 aliphatic heterocycles. The molecule has 2 saturated heterocycles. The van der Waals surface area contributed by atoms with Crippen molar-refractivity contribution in [1.29, 1.82) is 0 Å². The third-order valence-corrected chi connectivity index (χ3v) is 6.12. The van der Waals surface area contributed by atoms with Gasteiger partial charge in [-0.2, -0.15) is 0 Å². The van der Waals surface area contributed by atoms with Crippen LogP contribution in [0.2, 0.25) is 0 Å². The number of amides is 1. The van der Waals surface area contributed by atoms with Gasteiger partial charge in [-0.1, -0.05) is 26.2 Å². The molecular formula is C18H33N3O. The van der Waals surface area contributed by atoms with Gasteiger partial charge in [0.2, 0.25) is 5.91 Å². The van der Waals surface area contributed by atoms with E-state index in [1.165, 1.54) is 51.7 Å². The van der Waals surface area contributed by atoms with Gasteiger partial charge in [-0.3, -0.25) is 9.69 Å². The summed E-state index contributed by atoms with van der Waals surface area (Å²) < 4.78 is 0. The van der Waals surface area contributed by atoms with Gasteiger partial charge in [0.25, 0.3) is 0 Å². The van der Waals surface area contributed by atoms with Crippen LogP contribution in [0.4, 0.5) is 0 Å². The number of hydrogen-bond donors (Lipinski definition) is 0. The van der Waals surface area contributed by atoms with Crippen LogP contribution in [-0.4, -0.2) is 72.5 Å². The number of hydrogen-bond acceptors (Lipinski definition) is 3. The minimum atomic E-state index is 0.234. The molecule has 1 saturated carbocycles. The molecule has 3 fully saturated rings. The maximum absolute atomic E-state index is 11.5. The Hall–Kier alpha value is -0.610. The summed E-state index contributed by atoms with van der Waals surface area (Å²) in [5.74, 6) is 1.96. The molecule has 22 heavy (non-hydrogen) atoms. The van der Waals surface area contributed by atoms with Crippen molar-refractivity contribution in [1.82, 2.24) is 14.7 Å². The second-order valence-electron chi connectivity index (χ2n) is 7.81. The van der Waals surface area contributed by atoms with Gasteiger partial charge in [-0.05, 0) is 24.7 Å². The average Bonchev–Trinajstić information content (AvgIpc) is 2.89. The monoisotopic (exact) mass is 307 g/mol. The van der Waals surface area contributed by atoms with Gasteiger partial charge < -0.3 is 9.80 Å². The fraction of sp³-hybridized carbons (Fsp3) is 0.944. The Morgan fingerprint density at radius 2 is 1.68 bits per heavy atom. The molecule has 2 atom stereocenters. The second kappa shape index (κ2) is 7.31. The van der Waals surface area contributed by atoms with Crippen molar-refractivity contribution in [2.24, 2.45) is 11.8 Å². The summed E-state index contributed by atoms with van der Waals surface area (Å²) in [4.78, 5) is 18.8. The molecule has 0 aromatic carbocycles. The van der Waals surface area contributed by atoms with Crippen molar-refractivity contribution in [3.63, 3.8) is 0 Å². The molecule has 4 heteroatoms. The quantitative estimate of drug-likeness (QED) is 0.798. The second-order valence-corrected chi connectivity index (χ2v) is 7.81. The number of piperazine rings is 1. The molecular weight excluding hydrogens is 274 g/mol. The lowest BCUT2D eigenvalue weighted by Gasteiger charge is -2.39. The van der Waals surface area contributed by atoms with Crippen LogP contribution >= 0.6 is 0 Å². The zero-order valence-electron chi connectivity index (χ0n) is 14.5. The average molecular weight is 307 g/mol. The molecule has 0 aromatic heterocycles. The van der Waals surface area contributed by atoms with Gasteiger partial charge in [-0.15, -0.1) is 0 Å². The minimum absolute atomic E-state index is 0.234. The topological polar surface area (TPSA) is 26.8 Å². The molecule has 2 heterocycles. The van der Waals surface area contributed by atoms with E-state index in [-0.39, 0.29) is 5.91 Å². The first-order valence-corrected chi connectivity index (χ1v) is 9.35. The van der Waals surface area contributed by atoms with Crippen LogP contribution in [0.5, 0.6) is 0 Å². The highest BCUT2D eigenvalue weighted by Crippen LogP contribution is 2.28. The summed E-state index contributed by atoms with van der Waals surface area (Å²) >= 11 is 0. The molecule has 1 amide bonds. The van der Waals surface area contributed by atoms with Crippen molar-refractivity contribution < 1.29 is 4.79 Å². The molecule has 0 spiro atoms. The smallest absolute Gasteiger partial charge is 0.219 e. The molecule has 126 valence electrons. The molecule has 0 bridgehead atoms. The highest BCUT2D eigenvalue weighted by Gasteiger charge is 2.36. The highest BCUT2D eigenvalue weighted by molar-refractivity contribution is 5.73. The lowest BCUT2D eigenvalue weighted by Crippen LogP contribution is -2.53. The first-order valence-electron chi connectivity index (χ1n) is 9.35. The van der Waals surface area contributed by atoms with E-state index in [0.29, 0.717) is 6.04 Å². The normalized spacial score (nSPS) is 32.5. The van der Waals surface area contributed by atoms with E-state index in [2.05, 4.69) is 16.7 Å². The third kappa shape index (κ3) is 3.83. The number of likely N-dealkylation sites (tertiary alicyclic amines) is 1. The number of carbonyl (C=O) groups is 1. The summed E-state index contributed by atoms with van der Waals surface area (Å²) in [5.41, 5.74) is 0. The summed E-state index contributed by atoms with van der Waals surface area (Å²) in [6, 6.07) is 0.706. The lowest BCUT2D eigenvalue weighted by molar-refractivity contribution is -0.130. The van der Waals surface area contributed by atoms with Crippen molar-refractivity contribution >= 4 is 5.91 Å². The van der Waals surface area contributed by atoms with Crippen molar-refractivity contribution in [2.45, 2.75) is 52.0 Å². The Morgan fingerprint density at radius 1 is 1.00 bits per heavy atom. The van der Waals surface area contributed by atoms with E-state index in [1.807, 2.05) is 4.90 Å². The van der Waals surface area contributed by atoms with E-state index < -0.39 is 0 Å². The van der Waals surface area contributed by atoms with Crippen molar-refractivity contribution in [2.75, 3.05) is 45.8 Å². The zero-order valence-corrected chi connectivity index (χ0v) is 14.5. The summed E-state index contributed by atoms with van der Waals surface area (Å²) in [6.45, 7) is 11.9. The lowest BCUT2D eigenvalue weighted by atomic mass is 9.89. The largest absolute Gasteiger partial charge is 0.340 e. The SMILES string of the molecule is CC(=O)N1CCN(C2CN(CC3CCCCC3)CC2C)CC1. The number of rotatable bonds is 3. The third-order valence-electron chi connectivity index (χ3n) is 6.12. The standard InChI is InChI=1S/C18H33N3O/c1-15-12-19(13-17-6-4-3-5-7-17)14-18(15)21-10-8-20(9-11-21)16(2)22/h15,17-18H,3-14H2,1-2H3. The zero-order chi connectivity index (χ0) is 15.5. The van der Waals surface area contributed by atoms with Crippen LogP contribution in [0.1, 0.15) is 46.0 Å². The Bertz CT molecular complexity index is 373. The van der Waals surface area contributed by atoms with Crippen molar-refractivity contribution in [3.05, 3.63) is 0 Å². The van der Waals surface area contributed by atoms with E-state index >= 15 is 0 Å². The van der Waals surface area contributed by atoms with Gasteiger partial charge in [0.05, 0.1) is 0 Å². The molecule has 1 aliphatic carbocycles. The number of carbonyl (C=O) groups excluding carboxylic acids is 1. The van der Waals surface area contributed by atoms with Crippen LogP contribution < -0.4 is 0 Å². The van der Waals surface area contributed by atoms with E-state index in [9.17, 15) is 4.79 Å². The Balaban J connectivity index is 1.47. The predicted molar refractivity (Wildman–Crippen MR) is 89.8 cm³/mol. The van der Waals surface area contributed by atoms with E-state index in [1.54, 1.807) is 6.92 Å². The van der Waals surface area contributed by atoms with Crippen LogP contribution in [0.25, 0.3) is 0 Å². The molecule has 0 N–H and O–H groups in total. The molecule has 0 aromatic rings. The fourth-order valence-electron chi connectivity index (χ4n) is 4.78. The molecule has 3 rings (SSSR count). The highest BCUT2D eigenvalue weighted by atomic mass is 16.2. The summed E-state index contributed by atoms with van der Waals surface area (Å²) in [5, 5.41) is 0. The molecule has 4 nitrogen and oxygen atoms in total. The van der Waals surface area contributed by atoms with Gasteiger partial charge in [0.15, 0.2) is 0 Å². The molecule has 2 unspecified atom stereocenters.